The van der Waals surface area contributed by atoms with Gasteiger partial charge < -0.3 is 15.7 Å². The Morgan fingerprint density at radius 1 is 1.36 bits per heavy atom. The molecular weight excluding hydrogens is 296 g/mol. The molecule has 0 bridgehead atoms. The van der Waals surface area contributed by atoms with Crippen LogP contribution in [0.1, 0.15) is 46.0 Å². The van der Waals surface area contributed by atoms with E-state index in [0.29, 0.717) is 5.03 Å². The Kier molecular flexibility index (Phi) is 7.77. The summed E-state index contributed by atoms with van der Waals surface area (Å²) in [5.74, 6) is 0. The Bertz CT molecular complexity index is 454. The summed E-state index contributed by atoms with van der Waals surface area (Å²) >= 11 is 5.90. The predicted molar refractivity (Wildman–Crippen MR) is 95.4 cm³/mol. The van der Waals surface area contributed by atoms with Crippen molar-refractivity contribution in [1.82, 2.24) is 4.90 Å². The van der Waals surface area contributed by atoms with Crippen molar-refractivity contribution >= 4 is 11.6 Å². The minimum Gasteiger partial charge on any atom is -0.402 e. The molecule has 3 N–H and O–H groups in total. The molecule has 1 fully saturated rings. The van der Waals surface area contributed by atoms with Gasteiger partial charge in [-0.15, -0.1) is 0 Å². The van der Waals surface area contributed by atoms with Crippen LogP contribution in [0.15, 0.2) is 47.3 Å². The summed E-state index contributed by atoms with van der Waals surface area (Å²) in [5.41, 5.74) is 7.20. The van der Waals surface area contributed by atoms with Crippen molar-refractivity contribution in [2.45, 2.75) is 51.6 Å². The summed E-state index contributed by atoms with van der Waals surface area (Å²) in [5, 5.41) is 11.3. The zero-order valence-corrected chi connectivity index (χ0v) is 14.6. The van der Waals surface area contributed by atoms with Crippen molar-refractivity contribution in [3.8, 4) is 0 Å². The summed E-state index contributed by atoms with van der Waals surface area (Å²) in [4.78, 5) is 2.35. The van der Waals surface area contributed by atoms with Crippen molar-refractivity contribution in [2.75, 3.05) is 13.1 Å². The zero-order valence-electron chi connectivity index (χ0n) is 13.8. The maximum atomic E-state index is 10.7. The van der Waals surface area contributed by atoms with Gasteiger partial charge >= 0.3 is 0 Å². The van der Waals surface area contributed by atoms with E-state index in [0.717, 1.165) is 50.9 Å². The van der Waals surface area contributed by atoms with E-state index < -0.39 is 5.60 Å². The molecule has 1 saturated heterocycles. The van der Waals surface area contributed by atoms with Crippen LogP contribution in [0.2, 0.25) is 0 Å². The Labute approximate surface area is 139 Å². The van der Waals surface area contributed by atoms with Crippen LogP contribution in [0.25, 0.3) is 0 Å². The molecule has 0 aliphatic carbocycles. The number of likely N-dealkylation sites (tertiary alicyclic amines) is 1. The normalized spacial score (nSPS) is 20.2. The van der Waals surface area contributed by atoms with Gasteiger partial charge in [0.2, 0.25) is 0 Å². The van der Waals surface area contributed by atoms with Crippen LogP contribution in [0.5, 0.6) is 0 Å². The summed E-state index contributed by atoms with van der Waals surface area (Å²) in [6, 6.07) is 0. The number of piperidine rings is 1. The second-order valence-corrected chi connectivity index (χ2v) is 6.40. The first-order valence-electron chi connectivity index (χ1n) is 7.98. The molecule has 1 aliphatic rings. The molecule has 0 amide bonds. The van der Waals surface area contributed by atoms with E-state index in [1.54, 1.807) is 6.08 Å². The Morgan fingerprint density at radius 3 is 2.50 bits per heavy atom. The summed E-state index contributed by atoms with van der Waals surface area (Å²) < 4.78 is 0. The smallest absolute Gasteiger partial charge is 0.0684 e. The van der Waals surface area contributed by atoms with Crippen LogP contribution < -0.4 is 5.73 Å². The monoisotopic (exact) mass is 324 g/mol. The van der Waals surface area contributed by atoms with E-state index in [1.807, 2.05) is 19.1 Å². The molecule has 22 heavy (non-hydrogen) atoms. The van der Waals surface area contributed by atoms with Crippen molar-refractivity contribution in [2.24, 2.45) is 5.73 Å². The Balaban J connectivity index is 2.55. The van der Waals surface area contributed by atoms with Gasteiger partial charge in [0.15, 0.2) is 0 Å². The maximum Gasteiger partial charge on any atom is 0.0684 e. The fraction of sp³-hybridized carbons (Fsp3) is 0.556. The molecule has 0 aromatic rings. The van der Waals surface area contributed by atoms with Gasteiger partial charge in [0.1, 0.15) is 0 Å². The molecular formula is C18H29ClN2O. The lowest BCUT2D eigenvalue weighted by atomic mass is 9.86. The summed E-state index contributed by atoms with van der Waals surface area (Å²) in [6.45, 7) is 9.42. The van der Waals surface area contributed by atoms with Gasteiger partial charge in [0, 0.05) is 29.5 Å². The van der Waals surface area contributed by atoms with E-state index in [9.17, 15) is 5.11 Å². The Hall–Kier alpha value is -1.19. The SMILES string of the molecule is C=C/C(Cl)=C\CCC1(O)CCN(/C(=C/C=C(\C)N)CC)CC1. The van der Waals surface area contributed by atoms with E-state index in [2.05, 4.69) is 24.5 Å². The number of aliphatic hydroxyl groups is 1. The minimum absolute atomic E-state index is 0.580. The van der Waals surface area contributed by atoms with E-state index in [1.165, 1.54) is 5.70 Å². The van der Waals surface area contributed by atoms with E-state index in [4.69, 9.17) is 17.3 Å². The van der Waals surface area contributed by atoms with Crippen molar-refractivity contribution in [3.63, 3.8) is 0 Å². The van der Waals surface area contributed by atoms with Crippen LogP contribution in [-0.2, 0) is 0 Å². The van der Waals surface area contributed by atoms with Gasteiger partial charge in [0.25, 0.3) is 0 Å². The van der Waals surface area contributed by atoms with Gasteiger partial charge in [-0.2, -0.15) is 0 Å². The highest BCUT2D eigenvalue weighted by Crippen LogP contribution is 2.29. The van der Waals surface area contributed by atoms with Crippen molar-refractivity contribution in [1.29, 1.82) is 0 Å². The Morgan fingerprint density at radius 2 is 2.00 bits per heavy atom. The largest absolute Gasteiger partial charge is 0.402 e. The van der Waals surface area contributed by atoms with Crippen LogP contribution in [-0.4, -0.2) is 28.7 Å². The molecule has 3 nitrogen and oxygen atoms in total. The number of rotatable bonds is 7. The first kappa shape index (κ1) is 18.9. The second kappa shape index (κ2) is 9.06. The molecule has 1 heterocycles. The fourth-order valence-corrected chi connectivity index (χ4v) is 2.81. The van der Waals surface area contributed by atoms with Gasteiger partial charge in [-0.25, -0.2) is 0 Å². The average Bonchev–Trinajstić information content (AvgIpc) is 2.49. The maximum absolute atomic E-state index is 10.7. The summed E-state index contributed by atoms with van der Waals surface area (Å²) in [7, 11) is 0. The highest BCUT2D eigenvalue weighted by molar-refractivity contribution is 6.31. The van der Waals surface area contributed by atoms with Crippen LogP contribution in [0.3, 0.4) is 0 Å². The highest BCUT2D eigenvalue weighted by Gasteiger charge is 2.31. The van der Waals surface area contributed by atoms with Gasteiger partial charge in [0.05, 0.1) is 5.60 Å². The van der Waals surface area contributed by atoms with Crippen molar-refractivity contribution in [3.05, 3.63) is 47.3 Å². The molecule has 0 unspecified atom stereocenters. The zero-order chi connectivity index (χ0) is 16.6. The van der Waals surface area contributed by atoms with Crippen LogP contribution in [0.4, 0.5) is 0 Å². The minimum atomic E-state index is -0.580. The molecule has 4 heteroatoms. The third-order valence-corrected chi connectivity index (χ3v) is 4.45. The quantitative estimate of drug-likeness (QED) is 0.694. The molecule has 0 atom stereocenters. The second-order valence-electron chi connectivity index (χ2n) is 5.97. The highest BCUT2D eigenvalue weighted by atomic mass is 35.5. The average molecular weight is 325 g/mol. The fourth-order valence-electron chi connectivity index (χ4n) is 2.70. The number of nitrogens with two attached hydrogens (primary N) is 1. The first-order valence-corrected chi connectivity index (χ1v) is 8.36. The summed E-state index contributed by atoms with van der Waals surface area (Å²) in [6.07, 6.45) is 11.7. The molecule has 0 aromatic heterocycles. The topological polar surface area (TPSA) is 49.5 Å². The number of nitrogens with zero attached hydrogens (tertiary/aromatic N) is 1. The van der Waals surface area contributed by atoms with E-state index >= 15 is 0 Å². The third kappa shape index (κ3) is 6.29. The van der Waals surface area contributed by atoms with Crippen LogP contribution in [0, 0.1) is 0 Å². The predicted octanol–water partition coefficient (Wildman–Crippen LogP) is 4.06. The lowest BCUT2D eigenvalue weighted by Gasteiger charge is -2.40. The van der Waals surface area contributed by atoms with Crippen LogP contribution >= 0.6 is 11.6 Å². The molecule has 124 valence electrons. The van der Waals surface area contributed by atoms with Gasteiger partial charge in [-0.1, -0.05) is 37.3 Å². The lowest BCUT2D eigenvalue weighted by molar-refractivity contribution is -0.0203. The van der Waals surface area contributed by atoms with E-state index in [-0.39, 0.29) is 0 Å². The first-order chi connectivity index (χ1) is 10.4. The molecule has 0 aromatic carbocycles. The number of hydrogen-bond donors (Lipinski definition) is 2. The number of halogens is 1. The molecule has 0 saturated carbocycles. The molecule has 0 spiro atoms. The third-order valence-electron chi connectivity index (χ3n) is 4.15. The van der Waals surface area contributed by atoms with Gasteiger partial charge in [-0.3, -0.25) is 0 Å². The number of hydrogen-bond acceptors (Lipinski definition) is 3. The standard InChI is InChI=1S/C18H29ClN2O/c1-4-16(19)7-6-10-18(22)11-13-21(14-12-18)17(5-2)9-8-15(3)20/h4,7-9,22H,1,5-6,10-14,20H2,2-3H3/b15-8+,16-7+,17-9+. The van der Waals surface area contributed by atoms with Gasteiger partial charge in [-0.05, 0) is 51.2 Å². The number of allylic oxidation sites excluding steroid dienone is 7. The molecule has 0 radical (unpaired) electrons. The molecule has 1 rings (SSSR count). The lowest BCUT2D eigenvalue weighted by Crippen LogP contribution is -2.43. The molecule has 1 aliphatic heterocycles. The van der Waals surface area contributed by atoms with Crippen molar-refractivity contribution < 1.29 is 5.11 Å².